The van der Waals surface area contributed by atoms with Gasteiger partial charge in [0.2, 0.25) is 0 Å². The fourth-order valence-corrected chi connectivity index (χ4v) is 2.28. The Bertz CT molecular complexity index is 680. The van der Waals surface area contributed by atoms with Crippen molar-refractivity contribution in [3.63, 3.8) is 0 Å². The molecule has 0 radical (unpaired) electrons. The van der Waals surface area contributed by atoms with E-state index in [2.05, 4.69) is 10.4 Å². The van der Waals surface area contributed by atoms with Crippen molar-refractivity contribution in [2.45, 2.75) is 26.8 Å². The van der Waals surface area contributed by atoms with E-state index in [-0.39, 0.29) is 5.91 Å². The first kappa shape index (κ1) is 16.9. The molecule has 0 aliphatic heterocycles. The zero-order valence-electron chi connectivity index (χ0n) is 14.0. The van der Waals surface area contributed by atoms with Gasteiger partial charge in [0.25, 0.3) is 5.91 Å². The zero-order chi connectivity index (χ0) is 16.8. The number of methoxy groups -OCH3 is 1. The van der Waals surface area contributed by atoms with Gasteiger partial charge in [-0.1, -0.05) is 13.0 Å². The summed E-state index contributed by atoms with van der Waals surface area (Å²) in [6, 6.07) is 7.44. The maximum absolute atomic E-state index is 12.3. The second kappa shape index (κ2) is 7.67. The third-order valence-corrected chi connectivity index (χ3v) is 3.51. The maximum Gasteiger partial charge on any atom is 0.269 e. The van der Waals surface area contributed by atoms with Crippen molar-refractivity contribution >= 4 is 5.91 Å². The fraction of sp³-hybridized carbons (Fsp3) is 0.412. The maximum atomic E-state index is 12.3. The summed E-state index contributed by atoms with van der Waals surface area (Å²) in [4.78, 5) is 12.3. The molecule has 0 unspecified atom stereocenters. The van der Waals surface area contributed by atoms with E-state index in [1.165, 1.54) is 0 Å². The van der Waals surface area contributed by atoms with Gasteiger partial charge < -0.3 is 14.8 Å². The Morgan fingerprint density at radius 3 is 2.65 bits per heavy atom. The van der Waals surface area contributed by atoms with E-state index in [1.807, 2.05) is 38.1 Å². The van der Waals surface area contributed by atoms with E-state index in [1.54, 1.807) is 18.8 Å². The van der Waals surface area contributed by atoms with Crippen LogP contribution in [0.2, 0.25) is 0 Å². The third kappa shape index (κ3) is 4.03. The summed E-state index contributed by atoms with van der Waals surface area (Å²) in [6.45, 7) is 4.90. The molecule has 1 amide bonds. The van der Waals surface area contributed by atoms with Crippen LogP contribution < -0.4 is 14.8 Å². The van der Waals surface area contributed by atoms with Crippen molar-refractivity contribution in [3.8, 4) is 11.5 Å². The molecule has 0 aliphatic rings. The molecular formula is C17H23N3O3. The van der Waals surface area contributed by atoms with Crippen LogP contribution in [0.4, 0.5) is 0 Å². The molecule has 0 saturated carbocycles. The number of nitrogens with zero attached hydrogens (tertiary/aromatic N) is 2. The van der Waals surface area contributed by atoms with Crippen molar-refractivity contribution in [1.29, 1.82) is 0 Å². The van der Waals surface area contributed by atoms with E-state index in [0.29, 0.717) is 30.3 Å². The van der Waals surface area contributed by atoms with Crippen LogP contribution in [0.1, 0.15) is 35.6 Å². The molecule has 0 spiro atoms. The largest absolute Gasteiger partial charge is 0.493 e. The van der Waals surface area contributed by atoms with Crippen LogP contribution in [-0.2, 0) is 20.0 Å². The molecule has 6 heteroatoms. The highest BCUT2D eigenvalue weighted by atomic mass is 16.5. The highest BCUT2D eigenvalue weighted by Crippen LogP contribution is 2.28. The Morgan fingerprint density at radius 2 is 2.04 bits per heavy atom. The van der Waals surface area contributed by atoms with E-state index < -0.39 is 0 Å². The predicted octanol–water partition coefficient (Wildman–Crippen LogP) is 2.32. The van der Waals surface area contributed by atoms with E-state index >= 15 is 0 Å². The molecule has 0 bridgehead atoms. The molecule has 0 saturated heterocycles. The van der Waals surface area contributed by atoms with Gasteiger partial charge in [0.05, 0.1) is 19.4 Å². The highest BCUT2D eigenvalue weighted by Gasteiger charge is 2.13. The standard InChI is InChI=1S/C17H23N3O3/c1-5-13-10-14(20(3)19-13)17(21)18-11-12-7-8-15(22-4)16(9-12)23-6-2/h7-10H,5-6,11H2,1-4H3,(H,18,21). The smallest absolute Gasteiger partial charge is 0.269 e. The summed E-state index contributed by atoms with van der Waals surface area (Å²) < 4.78 is 12.4. The number of aryl methyl sites for hydroxylation is 2. The summed E-state index contributed by atoms with van der Waals surface area (Å²) in [5.41, 5.74) is 2.40. The monoisotopic (exact) mass is 317 g/mol. The number of aromatic nitrogens is 2. The molecular weight excluding hydrogens is 294 g/mol. The minimum absolute atomic E-state index is 0.145. The van der Waals surface area contributed by atoms with Crippen molar-refractivity contribution in [3.05, 3.63) is 41.2 Å². The molecule has 124 valence electrons. The molecule has 0 atom stereocenters. The van der Waals surface area contributed by atoms with E-state index in [9.17, 15) is 4.79 Å². The highest BCUT2D eigenvalue weighted by molar-refractivity contribution is 5.92. The molecule has 1 heterocycles. The lowest BCUT2D eigenvalue weighted by atomic mass is 10.2. The summed E-state index contributed by atoms with van der Waals surface area (Å²) in [6.07, 6.45) is 0.803. The number of ether oxygens (including phenoxy) is 2. The van der Waals surface area contributed by atoms with Crippen LogP contribution in [0.25, 0.3) is 0 Å². The van der Waals surface area contributed by atoms with Gasteiger partial charge in [-0.05, 0) is 37.1 Å². The molecule has 0 aliphatic carbocycles. The van der Waals surface area contributed by atoms with Crippen molar-refractivity contribution in [2.24, 2.45) is 7.05 Å². The average molecular weight is 317 g/mol. The Morgan fingerprint density at radius 1 is 1.26 bits per heavy atom. The van der Waals surface area contributed by atoms with Crippen LogP contribution in [0.5, 0.6) is 11.5 Å². The van der Waals surface area contributed by atoms with Crippen molar-refractivity contribution in [2.75, 3.05) is 13.7 Å². The molecule has 2 rings (SSSR count). The minimum Gasteiger partial charge on any atom is -0.493 e. The van der Waals surface area contributed by atoms with Crippen molar-refractivity contribution in [1.82, 2.24) is 15.1 Å². The third-order valence-electron chi connectivity index (χ3n) is 3.51. The first-order valence-electron chi connectivity index (χ1n) is 7.69. The quantitative estimate of drug-likeness (QED) is 0.851. The second-order valence-electron chi connectivity index (χ2n) is 5.10. The van der Waals surface area contributed by atoms with Gasteiger partial charge in [0.15, 0.2) is 11.5 Å². The molecule has 6 nitrogen and oxygen atoms in total. The van der Waals surface area contributed by atoms with Gasteiger partial charge in [-0.2, -0.15) is 5.10 Å². The van der Waals surface area contributed by atoms with Gasteiger partial charge in [0.1, 0.15) is 5.69 Å². The topological polar surface area (TPSA) is 65.4 Å². The van der Waals surface area contributed by atoms with Gasteiger partial charge >= 0.3 is 0 Å². The first-order chi connectivity index (χ1) is 11.1. The van der Waals surface area contributed by atoms with Crippen LogP contribution in [-0.4, -0.2) is 29.4 Å². The van der Waals surface area contributed by atoms with Crippen molar-refractivity contribution < 1.29 is 14.3 Å². The average Bonchev–Trinajstić information content (AvgIpc) is 2.94. The summed E-state index contributed by atoms with van der Waals surface area (Å²) >= 11 is 0. The molecule has 23 heavy (non-hydrogen) atoms. The summed E-state index contributed by atoms with van der Waals surface area (Å²) in [5.74, 6) is 1.21. The SMILES string of the molecule is CCOc1cc(CNC(=O)c2cc(CC)nn2C)ccc1OC. The molecule has 2 aromatic rings. The first-order valence-corrected chi connectivity index (χ1v) is 7.69. The minimum atomic E-state index is -0.145. The number of benzene rings is 1. The lowest BCUT2D eigenvalue weighted by Crippen LogP contribution is -2.25. The van der Waals surface area contributed by atoms with E-state index in [4.69, 9.17) is 9.47 Å². The van der Waals surface area contributed by atoms with Gasteiger partial charge in [-0.3, -0.25) is 9.48 Å². The lowest BCUT2D eigenvalue weighted by molar-refractivity contribution is 0.0941. The lowest BCUT2D eigenvalue weighted by Gasteiger charge is -2.11. The summed E-state index contributed by atoms with van der Waals surface area (Å²) in [5, 5.41) is 7.19. The predicted molar refractivity (Wildman–Crippen MR) is 87.9 cm³/mol. The number of carbonyl (C=O) groups excluding carboxylic acids is 1. The van der Waals surface area contributed by atoms with Crippen LogP contribution >= 0.6 is 0 Å². The van der Waals surface area contributed by atoms with E-state index in [0.717, 1.165) is 17.7 Å². The summed E-state index contributed by atoms with van der Waals surface area (Å²) in [7, 11) is 3.38. The van der Waals surface area contributed by atoms with Gasteiger partial charge in [-0.15, -0.1) is 0 Å². The number of nitrogens with one attached hydrogen (secondary N) is 1. The Kier molecular flexibility index (Phi) is 5.62. The Hall–Kier alpha value is -2.50. The van der Waals surface area contributed by atoms with Crippen LogP contribution in [0, 0.1) is 0 Å². The van der Waals surface area contributed by atoms with Crippen LogP contribution in [0.3, 0.4) is 0 Å². The Balaban J connectivity index is 2.06. The number of hydrogen-bond acceptors (Lipinski definition) is 4. The fourth-order valence-electron chi connectivity index (χ4n) is 2.28. The normalized spacial score (nSPS) is 10.4. The molecule has 1 aromatic carbocycles. The zero-order valence-corrected chi connectivity index (χ0v) is 14.0. The number of amides is 1. The molecule has 0 fully saturated rings. The number of carbonyl (C=O) groups is 1. The number of rotatable bonds is 7. The van der Waals surface area contributed by atoms with Gasteiger partial charge in [-0.25, -0.2) is 0 Å². The van der Waals surface area contributed by atoms with Gasteiger partial charge in [0, 0.05) is 13.6 Å². The molecule has 1 aromatic heterocycles. The number of hydrogen-bond donors (Lipinski definition) is 1. The van der Waals surface area contributed by atoms with Crippen LogP contribution in [0.15, 0.2) is 24.3 Å². The molecule has 1 N–H and O–H groups in total. The Labute approximate surface area is 136 Å². The second-order valence-corrected chi connectivity index (χ2v) is 5.10.